The Kier molecular flexibility index (Phi) is 7.36. The van der Waals surface area contributed by atoms with Gasteiger partial charge in [-0.3, -0.25) is 0 Å². The van der Waals surface area contributed by atoms with Gasteiger partial charge in [0.05, 0.1) is 12.7 Å². The van der Waals surface area contributed by atoms with Gasteiger partial charge in [-0.1, -0.05) is 30.3 Å². The van der Waals surface area contributed by atoms with Gasteiger partial charge in [0.15, 0.2) is 0 Å². The third kappa shape index (κ3) is 6.20. The summed E-state index contributed by atoms with van der Waals surface area (Å²) in [5.74, 6) is 1.20. The molecule has 1 aromatic rings. The lowest BCUT2D eigenvalue weighted by Gasteiger charge is -2.29. The predicted octanol–water partition coefficient (Wildman–Crippen LogP) is 2.27. The molecule has 0 radical (unpaired) electrons. The molecule has 2 amide bonds. The van der Waals surface area contributed by atoms with Crippen molar-refractivity contribution in [3.8, 4) is 0 Å². The molecule has 128 valence electrons. The third-order valence-corrected chi connectivity index (χ3v) is 4.53. The van der Waals surface area contributed by atoms with Crippen molar-refractivity contribution in [3.05, 3.63) is 35.9 Å². The first-order valence-electron chi connectivity index (χ1n) is 8.42. The van der Waals surface area contributed by atoms with Crippen LogP contribution in [0.4, 0.5) is 4.79 Å². The number of hydrogen-bond acceptors (Lipinski definition) is 3. The first-order chi connectivity index (χ1) is 11.2. The summed E-state index contributed by atoms with van der Waals surface area (Å²) in [5, 5.41) is 15.0. The fourth-order valence-electron chi connectivity index (χ4n) is 3.19. The Balaban J connectivity index is 1.62. The zero-order valence-electron chi connectivity index (χ0n) is 13.8. The van der Waals surface area contributed by atoms with E-state index in [1.54, 1.807) is 0 Å². The lowest BCUT2D eigenvalue weighted by atomic mass is 9.79. The van der Waals surface area contributed by atoms with E-state index in [0.717, 1.165) is 12.8 Å². The predicted molar refractivity (Wildman–Crippen MR) is 90.4 cm³/mol. The van der Waals surface area contributed by atoms with Crippen LogP contribution in [0.5, 0.6) is 0 Å². The Labute approximate surface area is 138 Å². The van der Waals surface area contributed by atoms with Crippen LogP contribution < -0.4 is 10.6 Å². The van der Waals surface area contributed by atoms with Crippen LogP contribution in [0.2, 0.25) is 0 Å². The molecule has 2 rings (SSSR count). The van der Waals surface area contributed by atoms with Crippen LogP contribution >= 0.6 is 0 Å². The molecule has 5 nitrogen and oxygen atoms in total. The van der Waals surface area contributed by atoms with Gasteiger partial charge >= 0.3 is 6.03 Å². The van der Waals surface area contributed by atoms with E-state index in [1.165, 1.54) is 25.5 Å². The molecule has 3 N–H and O–H groups in total. The van der Waals surface area contributed by atoms with Crippen LogP contribution in [-0.2, 0) is 4.74 Å². The minimum absolute atomic E-state index is 0.209. The molecule has 0 heterocycles. The quantitative estimate of drug-likeness (QED) is 0.722. The average Bonchev–Trinajstić information content (AvgIpc) is 2.59. The van der Waals surface area contributed by atoms with Crippen LogP contribution in [-0.4, -0.2) is 44.0 Å². The molecule has 0 aliphatic heterocycles. The molecule has 1 saturated carbocycles. The maximum Gasteiger partial charge on any atom is 0.314 e. The van der Waals surface area contributed by atoms with Gasteiger partial charge < -0.3 is 20.5 Å². The Morgan fingerprint density at radius 1 is 1.22 bits per heavy atom. The molecular weight excluding hydrogens is 292 g/mol. The molecule has 0 bridgehead atoms. The van der Waals surface area contributed by atoms with E-state index < -0.39 is 6.10 Å². The van der Waals surface area contributed by atoms with Crippen molar-refractivity contribution in [2.24, 2.45) is 5.92 Å². The van der Waals surface area contributed by atoms with Crippen LogP contribution in [0.15, 0.2) is 30.3 Å². The van der Waals surface area contributed by atoms with Gasteiger partial charge in [-0.05, 0) is 43.1 Å². The minimum atomic E-state index is -0.660. The van der Waals surface area contributed by atoms with Crippen LogP contribution in [0.3, 0.4) is 0 Å². The second kappa shape index (κ2) is 9.53. The molecule has 23 heavy (non-hydrogen) atoms. The molecule has 0 unspecified atom stereocenters. The summed E-state index contributed by atoms with van der Waals surface area (Å²) in [6, 6.07) is 10.5. The Morgan fingerprint density at radius 2 is 1.91 bits per heavy atom. The largest absolute Gasteiger partial charge is 0.389 e. The molecule has 1 aliphatic carbocycles. The number of nitrogens with one attached hydrogen (secondary N) is 2. The normalized spacial score (nSPS) is 22.3. The van der Waals surface area contributed by atoms with Crippen molar-refractivity contribution >= 4 is 6.03 Å². The highest BCUT2D eigenvalue weighted by Crippen LogP contribution is 2.35. The number of ether oxygens (including phenoxy) is 1. The van der Waals surface area contributed by atoms with E-state index in [9.17, 15) is 9.90 Å². The molecular formula is C18H28N2O3. The van der Waals surface area contributed by atoms with Gasteiger partial charge in [0.2, 0.25) is 0 Å². The van der Waals surface area contributed by atoms with Gasteiger partial charge in [-0.15, -0.1) is 0 Å². The van der Waals surface area contributed by atoms with Gasteiger partial charge in [-0.2, -0.15) is 0 Å². The average molecular weight is 320 g/mol. The molecule has 0 aromatic heterocycles. The number of urea groups is 1. The summed E-state index contributed by atoms with van der Waals surface area (Å²) in [6.45, 7) is 1.14. The number of hydrogen-bond donors (Lipinski definition) is 3. The van der Waals surface area contributed by atoms with Gasteiger partial charge in [0.25, 0.3) is 0 Å². The third-order valence-electron chi connectivity index (χ3n) is 4.53. The van der Waals surface area contributed by atoms with E-state index in [4.69, 9.17) is 4.74 Å². The van der Waals surface area contributed by atoms with Crippen molar-refractivity contribution < 1.29 is 14.6 Å². The summed E-state index contributed by atoms with van der Waals surface area (Å²) in [7, 11) is 1.52. The summed E-state index contributed by atoms with van der Waals surface area (Å²) in [5.41, 5.74) is 1.43. The number of aliphatic hydroxyl groups is 1. The summed E-state index contributed by atoms with van der Waals surface area (Å²) in [4.78, 5) is 11.7. The fraction of sp³-hybridized carbons (Fsp3) is 0.611. The molecule has 0 spiro atoms. The number of carbonyl (C=O) groups is 1. The molecule has 5 heteroatoms. The number of benzene rings is 1. The number of carbonyl (C=O) groups excluding carboxylic acids is 1. The van der Waals surface area contributed by atoms with E-state index in [-0.39, 0.29) is 19.2 Å². The molecule has 1 atom stereocenters. The number of methoxy groups -OCH3 is 1. The highest BCUT2D eigenvalue weighted by molar-refractivity contribution is 5.73. The number of amides is 2. The SMILES string of the molecule is COC[C@H](O)CNC(=O)NCC1CCC(c2ccccc2)CC1. The first-order valence-corrected chi connectivity index (χ1v) is 8.42. The van der Waals surface area contributed by atoms with Gasteiger partial charge in [0, 0.05) is 20.2 Å². The zero-order valence-corrected chi connectivity index (χ0v) is 13.8. The highest BCUT2D eigenvalue weighted by atomic mass is 16.5. The molecule has 1 aromatic carbocycles. The monoisotopic (exact) mass is 320 g/mol. The molecule has 1 fully saturated rings. The first kappa shape index (κ1) is 17.8. The van der Waals surface area contributed by atoms with Crippen LogP contribution in [0, 0.1) is 5.92 Å². The van der Waals surface area contributed by atoms with Crippen LogP contribution in [0.25, 0.3) is 0 Å². The summed E-state index contributed by atoms with van der Waals surface area (Å²) in [6.07, 6.45) is 4.00. The highest BCUT2D eigenvalue weighted by Gasteiger charge is 2.22. The summed E-state index contributed by atoms with van der Waals surface area (Å²) < 4.78 is 4.82. The van der Waals surface area contributed by atoms with Crippen LogP contribution in [0.1, 0.15) is 37.2 Å². The zero-order chi connectivity index (χ0) is 16.5. The minimum Gasteiger partial charge on any atom is -0.389 e. The summed E-state index contributed by atoms with van der Waals surface area (Å²) >= 11 is 0. The molecule has 1 aliphatic rings. The van der Waals surface area contributed by atoms with E-state index in [2.05, 4.69) is 41.0 Å². The Bertz CT molecular complexity index is 459. The standard InChI is InChI=1S/C18H28N2O3/c1-23-13-17(21)12-20-18(22)19-11-14-7-9-16(10-8-14)15-5-3-2-4-6-15/h2-6,14,16-17,21H,7-13H2,1H3,(H2,19,20,22)/t14?,16?,17-/m1/s1. The van der Waals surface area contributed by atoms with E-state index in [0.29, 0.717) is 18.4 Å². The van der Waals surface area contributed by atoms with E-state index in [1.807, 2.05) is 0 Å². The number of aliphatic hydroxyl groups excluding tert-OH is 1. The van der Waals surface area contributed by atoms with Crippen molar-refractivity contribution in [1.82, 2.24) is 10.6 Å². The van der Waals surface area contributed by atoms with E-state index >= 15 is 0 Å². The molecule has 0 saturated heterocycles. The smallest absolute Gasteiger partial charge is 0.314 e. The second-order valence-electron chi connectivity index (χ2n) is 6.33. The Morgan fingerprint density at radius 3 is 2.57 bits per heavy atom. The second-order valence-corrected chi connectivity index (χ2v) is 6.33. The van der Waals surface area contributed by atoms with Gasteiger partial charge in [-0.25, -0.2) is 4.79 Å². The topological polar surface area (TPSA) is 70.6 Å². The number of rotatable bonds is 7. The van der Waals surface area contributed by atoms with Crippen molar-refractivity contribution in [2.45, 2.75) is 37.7 Å². The fourth-order valence-corrected chi connectivity index (χ4v) is 3.19. The van der Waals surface area contributed by atoms with Gasteiger partial charge in [0.1, 0.15) is 0 Å². The lowest BCUT2D eigenvalue weighted by Crippen LogP contribution is -2.42. The maximum absolute atomic E-state index is 11.7. The Hall–Kier alpha value is -1.59. The van der Waals surface area contributed by atoms with Crippen molar-refractivity contribution in [3.63, 3.8) is 0 Å². The van der Waals surface area contributed by atoms with Crippen molar-refractivity contribution in [2.75, 3.05) is 26.8 Å². The van der Waals surface area contributed by atoms with Crippen molar-refractivity contribution in [1.29, 1.82) is 0 Å². The maximum atomic E-state index is 11.7. The lowest BCUT2D eigenvalue weighted by molar-refractivity contribution is 0.0659.